The molecule has 1 aromatic carbocycles. The average molecular weight is 421 g/mol. The predicted molar refractivity (Wildman–Crippen MR) is 135 cm³/mol. The Morgan fingerprint density at radius 2 is 1.87 bits per heavy atom. The molecule has 0 unspecified atom stereocenters. The van der Waals surface area contributed by atoms with Crippen LogP contribution < -0.4 is 10.1 Å². The van der Waals surface area contributed by atoms with Crippen LogP contribution in [0.1, 0.15) is 45.1 Å². The van der Waals surface area contributed by atoms with Gasteiger partial charge in [0.25, 0.3) is 0 Å². The zero-order valence-corrected chi connectivity index (χ0v) is 19.5. The topological polar surface area (TPSA) is 24.5 Å². The van der Waals surface area contributed by atoms with Gasteiger partial charge in [0.05, 0.1) is 0 Å². The number of likely N-dealkylation sites (tertiary alicyclic amines) is 1. The van der Waals surface area contributed by atoms with Gasteiger partial charge in [-0.2, -0.15) is 0 Å². The van der Waals surface area contributed by atoms with Crippen LogP contribution in [0.2, 0.25) is 0 Å². The Kier molecular flexibility index (Phi) is 11.7. The van der Waals surface area contributed by atoms with Gasteiger partial charge in [-0.1, -0.05) is 75.6 Å². The number of nitrogens with one attached hydrogen (secondary N) is 1. The second-order valence-corrected chi connectivity index (χ2v) is 7.80. The molecule has 1 N–H and O–H groups in total. The number of hydrogen-bond donors (Lipinski definition) is 1. The van der Waals surface area contributed by atoms with Gasteiger partial charge >= 0.3 is 0 Å². The van der Waals surface area contributed by atoms with Crippen LogP contribution in [0.15, 0.2) is 85.0 Å². The van der Waals surface area contributed by atoms with Gasteiger partial charge in [-0.25, -0.2) is 0 Å². The van der Waals surface area contributed by atoms with Crippen molar-refractivity contribution in [2.24, 2.45) is 0 Å². The fourth-order valence-electron chi connectivity index (χ4n) is 3.80. The van der Waals surface area contributed by atoms with Crippen LogP contribution in [-0.2, 0) is 6.54 Å². The number of allylic oxidation sites excluding steroid dienone is 4. The minimum atomic E-state index is 0.586. The standard InChI is InChI=1S/C26H34N2O.C2H6/c1-3-8-22(4-2)20-28-17-15-25(16-18-28)27-19-23-11-13-26(14-12-23)29-21-24-9-6-5-7-10-24;1-2/h3-4,6,8-14,25,27H,1-2,5,7,15-21H2;1-2H3/b22-8+;. The molecule has 1 saturated heterocycles. The fraction of sp³-hybridized carbons (Fsp3) is 0.429. The molecule has 1 heterocycles. The van der Waals surface area contributed by atoms with E-state index in [0.29, 0.717) is 12.6 Å². The average Bonchev–Trinajstić information content (AvgIpc) is 2.84. The SMILES string of the molecule is C=C/C=C(\C=C)CN1CCC(NCc2ccc(OCC3=CCCC=C3)cc2)CC1.CC. The maximum Gasteiger partial charge on any atom is 0.119 e. The van der Waals surface area contributed by atoms with E-state index in [2.05, 4.69) is 65.9 Å². The van der Waals surface area contributed by atoms with E-state index in [4.69, 9.17) is 4.74 Å². The molecule has 0 radical (unpaired) electrons. The number of nitrogens with zero attached hydrogens (tertiary/aromatic N) is 1. The van der Waals surface area contributed by atoms with E-state index in [1.807, 2.05) is 32.1 Å². The number of ether oxygens (including phenoxy) is 1. The monoisotopic (exact) mass is 420 g/mol. The molecule has 0 saturated carbocycles. The number of benzene rings is 1. The molecule has 2 aliphatic rings. The van der Waals surface area contributed by atoms with Gasteiger partial charge in [0.2, 0.25) is 0 Å². The van der Waals surface area contributed by atoms with Crippen molar-refractivity contribution in [2.45, 2.75) is 52.1 Å². The van der Waals surface area contributed by atoms with E-state index in [1.165, 1.54) is 29.6 Å². The smallest absolute Gasteiger partial charge is 0.119 e. The third-order valence-corrected chi connectivity index (χ3v) is 5.58. The largest absolute Gasteiger partial charge is 0.489 e. The highest BCUT2D eigenvalue weighted by molar-refractivity contribution is 5.29. The maximum absolute atomic E-state index is 5.90. The van der Waals surface area contributed by atoms with Gasteiger partial charge < -0.3 is 10.1 Å². The highest BCUT2D eigenvalue weighted by Crippen LogP contribution is 2.17. The van der Waals surface area contributed by atoms with Crippen LogP contribution in [0.25, 0.3) is 0 Å². The van der Waals surface area contributed by atoms with E-state index < -0.39 is 0 Å². The molecule has 1 aromatic rings. The summed E-state index contributed by atoms with van der Waals surface area (Å²) in [5.41, 5.74) is 3.82. The highest BCUT2D eigenvalue weighted by atomic mass is 16.5. The minimum absolute atomic E-state index is 0.586. The van der Waals surface area contributed by atoms with Gasteiger partial charge in [0, 0.05) is 19.1 Å². The quantitative estimate of drug-likeness (QED) is 0.455. The molecule has 31 heavy (non-hydrogen) atoms. The Balaban J connectivity index is 0.00000166. The molecule has 168 valence electrons. The predicted octanol–water partition coefficient (Wildman–Crippen LogP) is 6.22. The van der Waals surface area contributed by atoms with E-state index in [9.17, 15) is 0 Å². The van der Waals surface area contributed by atoms with Gasteiger partial charge in [-0.3, -0.25) is 4.90 Å². The first-order chi connectivity index (χ1) is 15.3. The normalized spacial score (nSPS) is 17.4. The van der Waals surface area contributed by atoms with Crippen molar-refractivity contribution in [3.8, 4) is 5.75 Å². The van der Waals surface area contributed by atoms with Crippen LogP contribution in [-0.4, -0.2) is 37.2 Å². The van der Waals surface area contributed by atoms with Gasteiger partial charge in [-0.05, 0) is 67.6 Å². The molecule has 0 atom stereocenters. The molecule has 0 bridgehead atoms. The third-order valence-electron chi connectivity index (χ3n) is 5.58. The second-order valence-electron chi connectivity index (χ2n) is 7.80. The molecule has 3 heteroatoms. The highest BCUT2D eigenvalue weighted by Gasteiger charge is 2.18. The van der Waals surface area contributed by atoms with Crippen LogP contribution in [0, 0.1) is 0 Å². The fourth-order valence-corrected chi connectivity index (χ4v) is 3.80. The summed E-state index contributed by atoms with van der Waals surface area (Å²) in [7, 11) is 0. The molecule has 1 aliphatic carbocycles. The Labute approximate surface area is 189 Å². The number of rotatable bonds is 10. The lowest BCUT2D eigenvalue weighted by Crippen LogP contribution is -2.42. The first-order valence-corrected chi connectivity index (χ1v) is 11.7. The summed E-state index contributed by atoms with van der Waals surface area (Å²) in [5.74, 6) is 0.938. The molecule has 1 aliphatic heterocycles. The van der Waals surface area contributed by atoms with Crippen LogP contribution in [0.3, 0.4) is 0 Å². The summed E-state index contributed by atoms with van der Waals surface area (Å²) in [6, 6.07) is 9.07. The van der Waals surface area contributed by atoms with Crippen LogP contribution in [0.4, 0.5) is 0 Å². The van der Waals surface area contributed by atoms with Crippen LogP contribution >= 0.6 is 0 Å². The van der Waals surface area contributed by atoms with Crippen molar-refractivity contribution in [1.82, 2.24) is 10.2 Å². The summed E-state index contributed by atoms with van der Waals surface area (Å²) in [6.45, 7) is 16.5. The zero-order valence-electron chi connectivity index (χ0n) is 19.5. The molecule has 0 spiro atoms. The second kappa shape index (κ2) is 14.6. The molecule has 1 fully saturated rings. The Bertz CT molecular complexity index is 750. The van der Waals surface area contributed by atoms with Gasteiger partial charge in [0.1, 0.15) is 12.4 Å². The molecule has 3 rings (SSSR count). The summed E-state index contributed by atoms with van der Waals surface area (Å²) in [4.78, 5) is 2.50. The zero-order chi connectivity index (χ0) is 22.3. The maximum atomic E-state index is 5.90. The van der Waals surface area contributed by atoms with E-state index in [-0.39, 0.29) is 0 Å². The van der Waals surface area contributed by atoms with Crippen molar-refractivity contribution >= 4 is 0 Å². The Morgan fingerprint density at radius 1 is 1.13 bits per heavy atom. The van der Waals surface area contributed by atoms with Crippen molar-refractivity contribution in [2.75, 3.05) is 26.2 Å². The summed E-state index contributed by atoms with van der Waals surface area (Å²) in [5, 5.41) is 3.72. The van der Waals surface area contributed by atoms with Crippen molar-refractivity contribution in [3.05, 3.63) is 90.6 Å². The Morgan fingerprint density at radius 3 is 2.48 bits per heavy atom. The van der Waals surface area contributed by atoms with Gasteiger partial charge in [0.15, 0.2) is 0 Å². The van der Waals surface area contributed by atoms with E-state index >= 15 is 0 Å². The van der Waals surface area contributed by atoms with Crippen molar-refractivity contribution in [1.29, 1.82) is 0 Å². The third kappa shape index (κ3) is 9.12. The Hall–Kier alpha value is -2.36. The molecule has 3 nitrogen and oxygen atoms in total. The van der Waals surface area contributed by atoms with Gasteiger partial charge in [-0.15, -0.1) is 0 Å². The van der Waals surface area contributed by atoms with E-state index in [0.717, 1.165) is 44.8 Å². The summed E-state index contributed by atoms with van der Waals surface area (Å²) >= 11 is 0. The molecular weight excluding hydrogens is 380 g/mol. The lowest BCUT2D eigenvalue weighted by atomic mass is 10.0. The van der Waals surface area contributed by atoms with E-state index in [1.54, 1.807) is 0 Å². The first-order valence-electron chi connectivity index (χ1n) is 11.7. The summed E-state index contributed by atoms with van der Waals surface area (Å²) < 4.78 is 5.90. The number of hydrogen-bond acceptors (Lipinski definition) is 3. The molecule has 0 aromatic heterocycles. The van der Waals surface area contributed by atoms with Crippen molar-refractivity contribution < 1.29 is 4.74 Å². The molecule has 0 amide bonds. The molecular formula is C28H40N2O. The lowest BCUT2D eigenvalue weighted by molar-refractivity contribution is 0.212. The first kappa shape index (κ1) is 24.9. The van der Waals surface area contributed by atoms with Crippen LogP contribution in [0.5, 0.6) is 5.75 Å². The number of piperidine rings is 1. The summed E-state index contributed by atoms with van der Waals surface area (Å²) in [6.07, 6.45) is 17.1. The minimum Gasteiger partial charge on any atom is -0.489 e. The lowest BCUT2D eigenvalue weighted by Gasteiger charge is -2.32. The van der Waals surface area contributed by atoms with Crippen molar-refractivity contribution in [3.63, 3.8) is 0 Å².